The molecule has 0 heterocycles. The van der Waals surface area contributed by atoms with E-state index in [1.165, 1.54) is 20.9 Å². The Kier molecular flexibility index (Phi) is 6.48. The van der Waals surface area contributed by atoms with Gasteiger partial charge in [0.2, 0.25) is 5.91 Å². The molecule has 0 saturated carbocycles. The molecule has 0 aliphatic heterocycles. The molecule has 1 unspecified atom stereocenters. The highest BCUT2D eigenvalue weighted by atomic mass is 16.4. The Bertz CT molecular complexity index is 380. The molecule has 20 heavy (non-hydrogen) atoms. The first-order valence-corrected chi connectivity index (χ1v) is 6.55. The minimum atomic E-state index is -1.35. The average Bonchev–Trinajstić information content (AvgIpc) is 2.34. The Labute approximate surface area is 119 Å². The number of carboxylic acids is 1. The minimum Gasteiger partial charge on any atom is -0.480 e. The predicted molar refractivity (Wildman–Crippen MR) is 75.3 cm³/mol. The van der Waals surface area contributed by atoms with E-state index in [1.54, 1.807) is 6.92 Å². The fraction of sp³-hybridized carbons (Fsp3) is 0.769. The van der Waals surface area contributed by atoms with Gasteiger partial charge >= 0.3 is 12.0 Å². The van der Waals surface area contributed by atoms with E-state index in [0.29, 0.717) is 12.5 Å². The van der Waals surface area contributed by atoms with Gasteiger partial charge < -0.3 is 20.6 Å². The first kappa shape index (κ1) is 18.2. The summed E-state index contributed by atoms with van der Waals surface area (Å²) in [6, 6.07) is -1.34. The van der Waals surface area contributed by atoms with Gasteiger partial charge in [0, 0.05) is 13.6 Å². The molecule has 0 aliphatic carbocycles. The standard InChI is InChI=1S/C13H25N3O4/c1-8(2)7-14-10(17)9(3)15-12(20)16(6)13(4,5)11(18)19/h8-9H,7H2,1-6H3,(H,14,17)(H,15,20)(H,18,19). The number of hydrogen-bond acceptors (Lipinski definition) is 3. The van der Waals surface area contributed by atoms with Gasteiger partial charge in [0.05, 0.1) is 0 Å². The van der Waals surface area contributed by atoms with Crippen LogP contribution in [-0.4, -0.2) is 53.1 Å². The molecule has 0 fully saturated rings. The Morgan fingerprint density at radius 1 is 1.20 bits per heavy atom. The summed E-state index contributed by atoms with van der Waals surface area (Å²) in [5.41, 5.74) is -1.35. The molecule has 0 aromatic rings. The third-order valence-electron chi connectivity index (χ3n) is 3.08. The Hall–Kier alpha value is -1.79. The highest BCUT2D eigenvalue weighted by Gasteiger charge is 2.35. The van der Waals surface area contributed by atoms with E-state index in [4.69, 9.17) is 5.11 Å². The zero-order chi connectivity index (χ0) is 16.1. The van der Waals surface area contributed by atoms with E-state index >= 15 is 0 Å². The highest BCUT2D eigenvalue weighted by molar-refractivity contribution is 5.89. The fourth-order valence-electron chi connectivity index (χ4n) is 1.20. The summed E-state index contributed by atoms with van der Waals surface area (Å²) >= 11 is 0. The van der Waals surface area contributed by atoms with Crippen LogP contribution in [0.5, 0.6) is 0 Å². The van der Waals surface area contributed by atoms with E-state index in [2.05, 4.69) is 10.6 Å². The number of carbonyl (C=O) groups is 3. The maximum atomic E-state index is 11.9. The molecule has 0 bridgehead atoms. The predicted octanol–water partition coefficient (Wildman–Crippen LogP) is 0.652. The lowest BCUT2D eigenvalue weighted by Gasteiger charge is -2.32. The van der Waals surface area contributed by atoms with Crippen LogP contribution in [-0.2, 0) is 9.59 Å². The molecule has 3 N–H and O–H groups in total. The van der Waals surface area contributed by atoms with Crippen LogP contribution in [0.2, 0.25) is 0 Å². The second-order valence-electron chi connectivity index (χ2n) is 5.73. The van der Waals surface area contributed by atoms with Crippen molar-refractivity contribution in [1.29, 1.82) is 0 Å². The third-order valence-corrected chi connectivity index (χ3v) is 3.08. The van der Waals surface area contributed by atoms with E-state index in [9.17, 15) is 14.4 Å². The summed E-state index contributed by atoms with van der Waals surface area (Å²) < 4.78 is 0. The van der Waals surface area contributed by atoms with Crippen LogP contribution in [0, 0.1) is 5.92 Å². The molecule has 0 spiro atoms. The van der Waals surface area contributed by atoms with Crippen molar-refractivity contribution in [2.75, 3.05) is 13.6 Å². The number of nitrogens with zero attached hydrogens (tertiary/aromatic N) is 1. The number of carbonyl (C=O) groups excluding carboxylic acids is 2. The molecule has 7 nitrogen and oxygen atoms in total. The topological polar surface area (TPSA) is 98.7 Å². The quantitative estimate of drug-likeness (QED) is 0.668. The summed E-state index contributed by atoms with van der Waals surface area (Å²) in [6.45, 7) is 8.83. The van der Waals surface area contributed by atoms with Gasteiger partial charge in [-0.25, -0.2) is 9.59 Å². The second kappa shape index (κ2) is 7.12. The number of amides is 3. The zero-order valence-electron chi connectivity index (χ0n) is 13.0. The molecule has 0 radical (unpaired) electrons. The molecule has 0 aromatic heterocycles. The third kappa shape index (κ3) is 5.07. The van der Waals surface area contributed by atoms with Gasteiger partial charge in [0.25, 0.3) is 0 Å². The molecular formula is C13H25N3O4. The lowest BCUT2D eigenvalue weighted by molar-refractivity contribution is -0.146. The van der Waals surface area contributed by atoms with Crippen molar-refractivity contribution in [2.24, 2.45) is 5.92 Å². The molecule has 0 aliphatic rings. The number of aliphatic carboxylic acids is 1. The van der Waals surface area contributed by atoms with Crippen LogP contribution in [0.4, 0.5) is 4.79 Å². The van der Waals surface area contributed by atoms with E-state index in [-0.39, 0.29) is 5.91 Å². The van der Waals surface area contributed by atoms with Crippen molar-refractivity contribution in [3.63, 3.8) is 0 Å². The Balaban J connectivity index is 4.53. The van der Waals surface area contributed by atoms with E-state index in [1.807, 2.05) is 13.8 Å². The summed E-state index contributed by atoms with van der Waals surface area (Å²) in [5.74, 6) is -1.10. The number of carboxylic acid groups (broad SMARTS) is 1. The Morgan fingerprint density at radius 2 is 1.70 bits per heavy atom. The summed E-state index contributed by atoms with van der Waals surface area (Å²) in [4.78, 5) is 35.8. The van der Waals surface area contributed by atoms with Gasteiger partial charge in [-0.05, 0) is 26.7 Å². The second-order valence-corrected chi connectivity index (χ2v) is 5.73. The SMILES string of the molecule is CC(C)CNC(=O)C(C)NC(=O)N(C)C(C)(C)C(=O)O. The first-order valence-electron chi connectivity index (χ1n) is 6.55. The number of rotatable bonds is 6. The molecule has 116 valence electrons. The lowest BCUT2D eigenvalue weighted by Crippen LogP contribution is -2.57. The normalized spacial score (nSPS) is 12.8. The lowest BCUT2D eigenvalue weighted by atomic mass is 10.0. The van der Waals surface area contributed by atoms with Crippen LogP contribution in [0.15, 0.2) is 0 Å². The molecule has 3 amide bonds. The number of urea groups is 1. The van der Waals surface area contributed by atoms with Crippen molar-refractivity contribution in [3.8, 4) is 0 Å². The average molecular weight is 287 g/mol. The monoisotopic (exact) mass is 287 g/mol. The molecule has 1 atom stereocenters. The number of hydrogen-bond donors (Lipinski definition) is 3. The van der Waals surface area contributed by atoms with Crippen LogP contribution in [0.25, 0.3) is 0 Å². The van der Waals surface area contributed by atoms with Crippen molar-refractivity contribution in [1.82, 2.24) is 15.5 Å². The summed E-state index contributed by atoms with van der Waals surface area (Å²) in [7, 11) is 1.38. The van der Waals surface area contributed by atoms with Crippen LogP contribution < -0.4 is 10.6 Å². The van der Waals surface area contributed by atoms with E-state index < -0.39 is 23.6 Å². The van der Waals surface area contributed by atoms with Gasteiger partial charge in [0.1, 0.15) is 11.6 Å². The minimum absolute atomic E-state index is 0.298. The number of likely N-dealkylation sites (N-methyl/N-ethyl adjacent to an activating group) is 1. The van der Waals surface area contributed by atoms with Crippen LogP contribution in [0.3, 0.4) is 0 Å². The van der Waals surface area contributed by atoms with E-state index in [0.717, 1.165) is 4.90 Å². The molecule has 0 aromatic carbocycles. The maximum absolute atomic E-state index is 11.9. The number of nitrogens with one attached hydrogen (secondary N) is 2. The van der Waals surface area contributed by atoms with Gasteiger partial charge in [-0.15, -0.1) is 0 Å². The van der Waals surface area contributed by atoms with Gasteiger partial charge in [0.15, 0.2) is 0 Å². The molecule has 0 rings (SSSR count). The first-order chi connectivity index (χ1) is 9.00. The van der Waals surface area contributed by atoms with Gasteiger partial charge in [-0.2, -0.15) is 0 Å². The molecular weight excluding hydrogens is 262 g/mol. The highest BCUT2D eigenvalue weighted by Crippen LogP contribution is 2.12. The summed E-state index contributed by atoms with van der Waals surface area (Å²) in [5, 5.41) is 14.2. The van der Waals surface area contributed by atoms with Crippen molar-refractivity contribution in [2.45, 2.75) is 46.2 Å². The van der Waals surface area contributed by atoms with Crippen molar-refractivity contribution in [3.05, 3.63) is 0 Å². The molecule has 0 saturated heterocycles. The maximum Gasteiger partial charge on any atom is 0.329 e. The van der Waals surface area contributed by atoms with Gasteiger partial charge in [-0.1, -0.05) is 13.8 Å². The largest absolute Gasteiger partial charge is 0.480 e. The van der Waals surface area contributed by atoms with Crippen LogP contribution >= 0.6 is 0 Å². The smallest absolute Gasteiger partial charge is 0.329 e. The van der Waals surface area contributed by atoms with Crippen molar-refractivity contribution < 1.29 is 19.5 Å². The molecule has 7 heteroatoms. The Morgan fingerprint density at radius 3 is 2.10 bits per heavy atom. The summed E-state index contributed by atoms with van der Waals surface area (Å²) in [6.07, 6.45) is 0. The van der Waals surface area contributed by atoms with Crippen LogP contribution in [0.1, 0.15) is 34.6 Å². The zero-order valence-corrected chi connectivity index (χ0v) is 13.0. The fourth-order valence-corrected chi connectivity index (χ4v) is 1.20. The van der Waals surface area contributed by atoms with Crippen molar-refractivity contribution >= 4 is 17.9 Å². The van der Waals surface area contributed by atoms with Gasteiger partial charge in [-0.3, -0.25) is 4.79 Å².